The van der Waals surface area contributed by atoms with E-state index in [9.17, 15) is 13.2 Å². The molecule has 8 heteroatoms. The summed E-state index contributed by atoms with van der Waals surface area (Å²) in [5.41, 5.74) is 1.25. The van der Waals surface area contributed by atoms with E-state index in [2.05, 4.69) is 5.32 Å². The lowest BCUT2D eigenvalue weighted by atomic mass is 10.2. The highest BCUT2D eigenvalue weighted by molar-refractivity contribution is 7.89. The molecule has 0 radical (unpaired) electrons. The molecule has 1 amide bonds. The topological polar surface area (TPSA) is 79.0 Å². The maximum absolute atomic E-state index is 13.2. The summed E-state index contributed by atoms with van der Waals surface area (Å²) in [5, 5.41) is 3.44. The Morgan fingerprint density at radius 1 is 0.966 bits per heavy atom. The molecule has 0 bridgehead atoms. The number of carbonyl (C=O) groups is 1. The molecule has 29 heavy (non-hydrogen) atoms. The van der Waals surface area contributed by atoms with Crippen LogP contribution < -0.4 is 5.32 Å². The normalized spacial score (nSPS) is 20.6. The highest BCUT2D eigenvalue weighted by Crippen LogP contribution is 2.24. The minimum Gasteiger partial charge on any atom is -0.380 e. The first-order valence-corrected chi connectivity index (χ1v) is 11.3. The molecule has 0 spiro atoms. The first-order valence-electron chi connectivity index (χ1n) is 9.83. The predicted octanol–water partition coefficient (Wildman–Crippen LogP) is 2.03. The maximum atomic E-state index is 13.2. The summed E-state index contributed by atoms with van der Waals surface area (Å²) in [7, 11) is -3.74. The molecule has 4 rings (SSSR count). The molecular formula is C21H25N3O4S. The van der Waals surface area contributed by atoms with Crippen molar-refractivity contribution in [3.8, 4) is 0 Å². The lowest BCUT2D eigenvalue weighted by Crippen LogP contribution is -2.41. The highest BCUT2D eigenvalue weighted by atomic mass is 32.2. The fourth-order valence-corrected chi connectivity index (χ4v) is 5.39. The van der Waals surface area contributed by atoms with Gasteiger partial charge in [0.15, 0.2) is 0 Å². The summed E-state index contributed by atoms with van der Waals surface area (Å²) in [6.45, 7) is 2.48. The van der Waals surface area contributed by atoms with E-state index in [-0.39, 0.29) is 22.4 Å². The van der Waals surface area contributed by atoms with Gasteiger partial charge in [-0.25, -0.2) is 8.42 Å². The van der Waals surface area contributed by atoms with Gasteiger partial charge in [-0.3, -0.25) is 4.79 Å². The van der Waals surface area contributed by atoms with Crippen LogP contribution in [0.3, 0.4) is 0 Å². The number of benzene rings is 2. The molecule has 7 nitrogen and oxygen atoms in total. The third-order valence-corrected chi connectivity index (χ3v) is 7.28. The summed E-state index contributed by atoms with van der Waals surface area (Å²) in [6, 6.07) is 16.5. The second kappa shape index (κ2) is 8.52. The molecule has 2 aromatic carbocycles. The van der Waals surface area contributed by atoms with Crippen molar-refractivity contribution in [3.63, 3.8) is 0 Å². The van der Waals surface area contributed by atoms with Crippen LogP contribution in [0, 0.1) is 0 Å². The third-order valence-electron chi connectivity index (χ3n) is 5.33. The van der Waals surface area contributed by atoms with Crippen LogP contribution in [-0.4, -0.2) is 69.0 Å². The lowest BCUT2D eigenvalue weighted by Gasteiger charge is -2.27. The van der Waals surface area contributed by atoms with Gasteiger partial charge in [-0.15, -0.1) is 0 Å². The van der Waals surface area contributed by atoms with Gasteiger partial charge in [0, 0.05) is 37.9 Å². The molecule has 2 aliphatic rings. The average molecular weight is 416 g/mol. The minimum absolute atomic E-state index is 0.0753. The van der Waals surface area contributed by atoms with E-state index in [1.807, 2.05) is 30.3 Å². The van der Waals surface area contributed by atoms with Crippen LogP contribution >= 0.6 is 0 Å². The number of sulfonamides is 1. The predicted molar refractivity (Wildman–Crippen MR) is 110 cm³/mol. The molecule has 0 saturated carbocycles. The molecule has 0 aromatic heterocycles. The molecule has 1 N–H and O–H groups in total. The zero-order valence-electron chi connectivity index (χ0n) is 16.2. The maximum Gasteiger partial charge on any atom is 0.255 e. The molecule has 1 atom stereocenters. The van der Waals surface area contributed by atoms with Crippen LogP contribution in [0.1, 0.15) is 16.8 Å². The minimum atomic E-state index is -3.74. The third kappa shape index (κ3) is 4.29. The Morgan fingerprint density at radius 3 is 2.41 bits per heavy atom. The number of ether oxygens (including phenoxy) is 1. The van der Waals surface area contributed by atoms with Crippen LogP contribution in [0.25, 0.3) is 0 Å². The molecule has 2 aromatic rings. The van der Waals surface area contributed by atoms with Crippen molar-refractivity contribution < 1.29 is 17.9 Å². The standard InChI is InChI=1S/C21H25N3O4S/c25-21(23-11-10-18(16-23)22-17-6-2-1-3-7-17)19-8-4-5-9-20(19)29(26,27)24-12-14-28-15-13-24/h1-9,18,22H,10-16H2. The second-order valence-electron chi connectivity index (χ2n) is 7.26. The number of nitrogens with one attached hydrogen (secondary N) is 1. The van der Waals surface area contributed by atoms with Crippen molar-refractivity contribution in [1.29, 1.82) is 0 Å². The van der Waals surface area contributed by atoms with E-state index in [4.69, 9.17) is 4.74 Å². The first kappa shape index (κ1) is 19.9. The van der Waals surface area contributed by atoms with Gasteiger partial charge >= 0.3 is 0 Å². The van der Waals surface area contributed by atoms with E-state index in [1.54, 1.807) is 23.1 Å². The zero-order valence-corrected chi connectivity index (χ0v) is 17.0. The Morgan fingerprint density at radius 2 is 1.66 bits per heavy atom. The molecule has 0 aliphatic carbocycles. The van der Waals surface area contributed by atoms with Gasteiger partial charge in [0.05, 0.1) is 23.7 Å². The van der Waals surface area contributed by atoms with Crippen LogP contribution in [-0.2, 0) is 14.8 Å². The number of morpholine rings is 1. The summed E-state index contributed by atoms with van der Waals surface area (Å²) >= 11 is 0. The number of carbonyl (C=O) groups excluding carboxylic acids is 1. The van der Waals surface area contributed by atoms with Gasteiger partial charge in [0.25, 0.3) is 5.91 Å². The van der Waals surface area contributed by atoms with E-state index in [0.717, 1.165) is 12.1 Å². The van der Waals surface area contributed by atoms with Crippen molar-refractivity contribution in [2.75, 3.05) is 44.7 Å². The van der Waals surface area contributed by atoms with E-state index >= 15 is 0 Å². The first-order chi connectivity index (χ1) is 14.1. The zero-order chi connectivity index (χ0) is 20.3. The summed E-state index contributed by atoms with van der Waals surface area (Å²) in [4.78, 5) is 15.0. The Kier molecular flexibility index (Phi) is 5.84. The van der Waals surface area contributed by atoms with Gasteiger partial charge in [0.1, 0.15) is 0 Å². The number of para-hydroxylation sites is 1. The fourth-order valence-electron chi connectivity index (χ4n) is 3.80. The number of likely N-dealkylation sites (tertiary alicyclic amines) is 1. The molecule has 2 saturated heterocycles. The Balaban J connectivity index is 1.51. The summed E-state index contributed by atoms with van der Waals surface area (Å²) in [6.07, 6.45) is 0.818. The SMILES string of the molecule is O=C(c1ccccc1S(=O)(=O)N1CCOCC1)N1CCC(Nc2ccccc2)C1. The number of hydrogen-bond donors (Lipinski definition) is 1. The van der Waals surface area contributed by atoms with Gasteiger partial charge in [-0.05, 0) is 30.7 Å². The Hall–Kier alpha value is -2.42. The van der Waals surface area contributed by atoms with Crippen molar-refractivity contribution >= 4 is 21.6 Å². The van der Waals surface area contributed by atoms with Crippen LogP contribution in [0.4, 0.5) is 5.69 Å². The van der Waals surface area contributed by atoms with Gasteiger partial charge in [-0.1, -0.05) is 30.3 Å². The molecule has 2 fully saturated rings. The quantitative estimate of drug-likeness (QED) is 0.809. The van der Waals surface area contributed by atoms with Crippen molar-refractivity contribution in [3.05, 3.63) is 60.2 Å². The van der Waals surface area contributed by atoms with Crippen molar-refractivity contribution in [2.24, 2.45) is 0 Å². The number of nitrogens with zero attached hydrogens (tertiary/aromatic N) is 2. The lowest BCUT2D eigenvalue weighted by molar-refractivity contribution is 0.0728. The number of anilines is 1. The smallest absolute Gasteiger partial charge is 0.255 e. The molecule has 2 heterocycles. The monoisotopic (exact) mass is 415 g/mol. The van der Waals surface area contributed by atoms with Crippen LogP contribution in [0.2, 0.25) is 0 Å². The van der Waals surface area contributed by atoms with Crippen molar-refractivity contribution in [1.82, 2.24) is 9.21 Å². The van der Waals surface area contributed by atoms with Gasteiger partial charge in [0.2, 0.25) is 10.0 Å². The Bertz CT molecular complexity index is 959. The molecular weight excluding hydrogens is 390 g/mol. The number of rotatable bonds is 5. The molecule has 2 aliphatic heterocycles. The second-order valence-corrected chi connectivity index (χ2v) is 9.17. The fraction of sp³-hybridized carbons (Fsp3) is 0.381. The van der Waals surface area contributed by atoms with E-state index in [1.165, 1.54) is 10.4 Å². The summed E-state index contributed by atoms with van der Waals surface area (Å²) in [5.74, 6) is -0.241. The largest absolute Gasteiger partial charge is 0.380 e. The molecule has 1 unspecified atom stereocenters. The highest BCUT2D eigenvalue weighted by Gasteiger charge is 2.33. The van der Waals surface area contributed by atoms with Crippen LogP contribution in [0.5, 0.6) is 0 Å². The Labute approximate surface area is 171 Å². The van der Waals surface area contributed by atoms with Crippen molar-refractivity contribution in [2.45, 2.75) is 17.4 Å². The molecule has 154 valence electrons. The summed E-state index contributed by atoms with van der Waals surface area (Å²) < 4.78 is 32.9. The van der Waals surface area contributed by atoms with Crippen LogP contribution in [0.15, 0.2) is 59.5 Å². The van der Waals surface area contributed by atoms with E-state index in [0.29, 0.717) is 39.4 Å². The van der Waals surface area contributed by atoms with Gasteiger partial charge < -0.3 is 15.0 Å². The van der Waals surface area contributed by atoms with Gasteiger partial charge in [-0.2, -0.15) is 4.31 Å². The number of hydrogen-bond acceptors (Lipinski definition) is 5. The number of amides is 1. The average Bonchev–Trinajstić information content (AvgIpc) is 3.23. The van der Waals surface area contributed by atoms with E-state index < -0.39 is 10.0 Å².